The van der Waals surface area contributed by atoms with Gasteiger partial charge in [0.2, 0.25) is 5.89 Å². The van der Waals surface area contributed by atoms with Crippen LogP contribution >= 0.6 is 0 Å². The van der Waals surface area contributed by atoms with Crippen molar-refractivity contribution < 1.29 is 4.52 Å². The zero-order chi connectivity index (χ0) is 13.5. The van der Waals surface area contributed by atoms with Gasteiger partial charge >= 0.3 is 0 Å². The molecule has 2 atom stereocenters. The van der Waals surface area contributed by atoms with Gasteiger partial charge in [-0.25, -0.2) is 0 Å². The average Bonchev–Trinajstić information content (AvgIpc) is 2.63. The summed E-state index contributed by atoms with van der Waals surface area (Å²) in [6.45, 7) is 6.18. The minimum absolute atomic E-state index is 0.527. The van der Waals surface area contributed by atoms with E-state index in [2.05, 4.69) is 27.7 Å². The number of aryl methyl sites for hydroxylation is 1. The highest BCUT2D eigenvalue weighted by Gasteiger charge is 2.14. The van der Waals surface area contributed by atoms with Crippen LogP contribution < -0.4 is 10.6 Å². The van der Waals surface area contributed by atoms with Gasteiger partial charge in [0.25, 0.3) is 0 Å². The highest BCUT2D eigenvalue weighted by atomic mass is 16.5. The van der Waals surface area contributed by atoms with Gasteiger partial charge < -0.3 is 15.2 Å². The molecule has 0 saturated carbocycles. The molecule has 5 heteroatoms. The van der Waals surface area contributed by atoms with E-state index in [1.165, 1.54) is 38.6 Å². The van der Waals surface area contributed by atoms with E-state index in [4.69, 9.17) is 4.52 Å². The fraction of sp³-hybridized carbons (Fsp3) is 0.857. The third kappa shape index (κ3) is 5.28. The Morgan fingerprint density at radius 1 is 1.42 bits per heavy atom. The normalized spacial score (nSPS) is 22.1. The minimum atomic E-state index is 0.527. The molecule has 1 fully saturated rings. The lowest BCUT2D eigenvalue weighted by Crippen LogP contribution is -2.37. The first-order chi connectivity index (χ1) is 9.24. The third-order valence-electron chi connectivity index (χ3n) is 3.70. The Hall–Kier alpha value is -0.940. The highest BCUT2D eigenvalue weighted by Crippen LogP contribution is 2.12. The van der Waals surface area contributed by atoms with E-state index in [0.717, 1.165) is 18.9 Å². The monoisotopic (exact) mass is 266 g/mol. The maximum atomic E-state index is 5.10. The summed E-state index contributed by atoms with van der Waals surface area (Å²) in [5, 5.41) is 11.0. The van der Waals surface area contributed by atoms with E-state index in [1.807, 2.05) is 6.92 Å². The zero-order valence-electron chi connectivity index (χ0n) is 12.1. The van der Waals surface area contributed by atoms with Crippen molar-refractivity contribution in [2.75, 3.05) is 13.1 Å². The van der Waals surface area contributed by atoms with E-state index < -0.39 is 0 Å². The van der Waals surface area contributed by atoms with Gasteiger partial charge in [0, 0.05) is 25.0 Å². The summed E-state index contributed by atoms with van der Waals surface area (Å²) < 4.78 is 5.10. The summed E-state index contributed by atoms with van der Waals surface area (Å²) in [5.74, 6) is 1.44. The lowest BCUT2D eigenvalue weighted by molar-refractivity contribution is 0.362. The van der Waals surface area contributed by atoms with Crippen LogP contribution in [0.1, 0.15) is 50.7 Å². The van der Waals surface area contributed by atoms with Crippen molar-refractivity contribution in [3.63, 3.8) is 0 Å². The molecule has 1 aliphatic rings. The summed E-state index contributed by atoms with van der Waals surface area (Å²) in [6, 6.07) is 1.20. The number of hydrogen-bond acceptors (Lipinski definition) is 5. The zero-order valence-corrected chi connectivity index (χ0v) is 12.1. The van der Waals surface area contributed by atoms with Crippen molar-refractivity contribution in [1.82, 2.24) is 20.8 Å². The van der Waals surface area contributed by atoms with Gasteiger partial charge in [-0.05, 0) is 39.7 Å². The van der Waals surface area contributed by atoms with Crippen LogP contribution in [0.25, 0.3) is 0 Å². The number of nitrogens with one attached hydrogen (secondary N) is 2. The van der Waals surface area contributed by atoms with Gasteiger partial charge in [-0.2, -0.15) is 4.98 Å². The predicted molar refractivity (Wildman–Crippen MR) is 75.1 cm³/mol. The van der Waals surface area contributed by atoms with Crippen LogP contribution in [0.5, 0.6) is 0 Å². The van der Waals surface area contributed by atoms with Crippen molar-refractivity contribution >= 4 is 0 Å². The average molecular weight is 266 g/mol. The second-order valence-electron chi connectivity index (χ2n) is 5.58. The van der Waals surface area contributed by atoms with Crippen molar-refractivity contribution in [3.05, 3.63) is 11.7 Å². The molecule has 108 valence electrons. The van der Waals surface area contributed by atoms with Gasteiger partial charge in [0.05, 0.1) is 0 Å². The fourth-order valence-corrected chi connectivity index (χ4v) is 2.68. The minimum Gasteiger partial charge on any atom is -0.339 e. The van der Waals surface area contributed by atoms with Crippen molar-refractivity contribution in [2.45, 2.75) is 64.5 Å². The van der Waals surface area contributed by atoms with E-state index in [1.54, 1.807) is 0 Å². The second kappa shape index (κ2) is 7.60. The molecule has 0 spiro atoms. The quantitative estimate of drug-likeness (QED) is 0.822. The molecular weight excluding hydrogens is 240 g/mol. The number of rotatable bonds is 6. The Bertz CT molecular complexity index is 358. The predicted octanol–water partition coefficient (Wildman–Crippen LogP) is 1.82. The third-order valence-corrected chi connectivity index (χ3v) is 3.70. The SMILES string of the molecule is Cc1noc(CCNC(C)CC2CCCCCN2)n1. The Morgan fingerprint density at radius 3 is 3.11 bits per heavy atom. The van der Waals surface area contributed by atoms with E-state index in [0.29, 0.717) is 17.9 Å². The Balaban J connectivity index is 1.62. The largest absolute Gasteiger partial charge is 0.339 e. The Labute approximate surface area is 115 Å². The molecule has 1 aliphatic heterocycles. The van der Waals surface area contributed by atoms with E-state index in [9.17, 15) is 0 Å². The van der Waals surface area contributed by atoms with Crippen LogP contribution in [0, 0.1) is 6.92 Å². The molecular formula is C14H26N4O. The lowest BCUT2D eigenvalue weighted by Gasteiger charge is -2.21. The summed E-state index contributed by atoms with van der Waals surface area (Å²) in [6.07, 6.45) is 7.39. The molecule has 2 unspecified atom stereocenters. The number of hydrogen-bond donors (Lipinski definition) is 2. The molecule has 0 amide bonds. The molecule has 0 aromatic carbocycles. The Kier molecular flexibility index (Phi) is 5.79. The van der Waals surface area contributed by atoms with Crippen molar-refractivity contribution in [3.8, 4) is 0 Å². The van der Waals surface area contributed by atoms with Crippen LogP contribution in [-0.4, -0.2) is 35.3 Å². The van der Waals surface area contributed by atoms with Crippen LogP contribution in [0.15, 0.2) is 4.52 Å². The molecule has 1 aromatic rings. The smallest absolute Gasteiger partial charge is 0.227 e. The topological polar surface area (TPSA) is 63.0 Å². The molecule has 2 N–H and O–H groups in total. The van der Waals surface area contributed by atoms with Gasteiger partial charge in [0.1, 0.15) is 0 Å². The summed E-state index contributed by atoms with van der Waals surface area (Å²) >= 11 is 0. The molecule has 0 bridgehead atoms. The maximum absolute atomic E-state index is 5.10. The van der Waals surface area contributed by atoms with Gasteiger partial charge in [-0.1, -0.05) is 18.0 Å². The summed E-state index contributed by atoms with van der Waals surface area (Å²) in [7, 11) is 0. The number of aromatic nitrogens is 2. The molecule has 5 nitrogen and oxygen atoms in total. The highest BCUT2D eigenvalue weighted by molar-refractivity contribution is 4.84. The Morgan fingerprint density at radius 2 is 2.32 bits per heavy atom. The van der Waals surface area contributed by atoms with E-state index in [-0.39, 0.29) is 0 Å². The molecule has 2 heterocycles. The maximum Gasteiger partial charge on any atom is 0.227 e. The molecule has 2 rings (SSSR count). The number of nitrogens with zero attached hydrogens (tertiary/aromatic N) is 2. The standard InChI is InChI=1S/C14H26N4O/c1-11(10-13-6-4-3-5-8-16-13)15-9-7-14-17-12(2)18-19-14/h11,13,15-16H,3-10H2,1-2H3. The molecule has 0 radical (unpaired) electrons. The van der Waals surface area contributed by atoms with Crippen molar-refractivity contribution in [1.29, 1.82) is 0 Å². The first kappa shape index (κ1) is 14.5. The van der Waals surface area contributed by atoms with Gasteiger partial charge in [-0.15, -0.1) is 0 Å². The van der Waals surface area contributed by atoms with Crippen LogP contribution in [0.4, 0.5) is 0 Å². The van der Waals surface area contributed by atoms with Gasteiger partial charge in [0.15, 0.2) is 5.82 Å². The molecule has 19 heavy (non-hydrogen) atoms. The summed E-state index contributed by atoms with van der Waals surface area (Å²) in [4.78, 5) is 4.21. The van der Waals surface area contributed by atoms with Crippen LogP contribution in [0.2, 0.25) is 0 Å². The first-order valence-corrected chi connectivity index (χ1v) is 7.50. The first-order valence-electron chi connectivity index (χ1n) is 7.50. The summed E-state index contributed by atoms with van der Waals surface area (Å²) in [5.41, 5.74) is 0. The van der Waals surface area contributed by atoms with Gasteiger partial charge in [-0.3, -0.25) is 0 Å². The fourth-order valence-electron chi connectivity index (χ4n) is 2.68. The van der Waals surface area contributed by atoms with Crippen LogP contribution in [-0.2, 0) is 6.42 Å². The molecule has 1 saturated heterocycles. The van der Waals surface area contributed by atoms with Crippen LogP contribution in [0.3, 0.4) is 0 Å². The van der Waals surface area contributed by atoms with Crippen molar-refractivity contribution in [2.24, 2.45) is 0 Å². The lowest BCUT2D eigenvalue weighted by atomic mass is 10.0. The van der Waals surface area contributed by atoms with E-state index >= 15 is 0 Å². The molecule has 1 aromatic heterocycles. The molecule has 0 aliphatic carbocycles. The second-order valence-corrected chi connectivity index (χ2v) is 5.58.